The van der Waals surface area contributed by atoms with Crippen molar-refractivity contribution in [3.8, 4) is 0 Å². The summed E-state index contributed by atoms with van der Waals surface area (Å²) in [6.07, 6.45) is 9.18. The van der Waals surface area contributed by atoms with Crippen LogP contribution < -0.4 is 0 Å². The van der Waals surface area contributed by atoms with Gasteiger partial charge >= 0.3 is 0 Å². The van der Waals surface area contributed by atoms with Crippen molar-refractivity contribution in [3.63, 3.8) is 0 Å². The van der Waals surface area contributed by atoms with E-state index in [1.54, 1.807) is 7.11 Å². The van der Waals surface area contributed by atoms with E-state index in [0.29, 0.717) is 6.42 Å². The van der Waals surface area contributed by atoms with Crippen LogP contribution in [0.3, 0.4) is 0 Å². The molecule has 3 aliphatic carbocycles. The summed E-state index contributed by atoms with van der Waals surface area (Å²) >= 11 is 0. The summed E-state index contributed by atoms with van der Waals surface area (Å²) in [4.78, 5) is 11.4. The number of ether oxygens (including phenoxy) is 1. The number of carbonyl (C=O) groups is 1. The Morgan fingerprint density at radius 3 is 2.68 bits per heavy atom. The monoisotopic (exact) mass is 346 g/mol. The van der Waals surface area contributed by atoms with Gasteiger partial charge in [0.1, 0.15) is 6.29 Å². The van der Waals surface area contributed by atoms with E-state index in [2.05, 4.69) is 19.9 Å². The van der Waals surface area contributed by atoms with Crippen molar-refractivity contribution >= 4 is 6.29 Å². The van der Waals surface area contributed by atoms with Gasteiger partial charge in [0.2, 0.25) is 0 Å². The number of hydrogen-bond donors (Lipinski definition) is 2. The largest absolute Gasteiger partial charge is 0.396 e. The molecule has 0 radical (unpaired) electrons. The molecule has 4 nitrogen and oxygen atoms in total. The fourth-order valence-corrected chi connectivity index (χ4v) is 5.17. The Hall–Kier alpha value is -1.23. The van der Waals surface area contributed by atoms with E-state index in [-0.39, 0.29) is 36.1 Å². The Kier molecular flexibility index (Phi) is 5.06. The van der Waals surface area contributed by atoms with Gasteiger partial charge in [-0.1, -0.05) is 31.6 Å². The highest BCUT2D eigenvalue weighted by Crippen LogP contribution is 2.62. The molecule has 4 heteroatoms. The number of hydrogen-bond acceptors (Lipinski definition) is 4. The predicted octanol–water partition coefficient (Wildman–Crippen LogP) is 2.95. The fourth-order valence-electron chi connectivity index (χ4n) is 5.17. The van der Waals surface area contributed by atoms with Crippen LogP contribution in [-0.2, 0) is 9.53 Å². The molecule has 1 unspecified atom stereocenters. The first-order valence-corrected chi connectivity index (χ1v) is 9.30. The smallest absolute Gasteiger partial charge is 0.146 e. The highest BCUT2D eigenvalue weighted by atomic mass is 16.5. The standard InChI is InChI=1S/C21H30O4/c1-14(11-22)16-6-7-21(13-24)9-8-20(2)17(19(16)21)5-4-15(12-23)10-18(20)25-3/h4-5,12,14,18,22,24H,6-11,13H2,1-3H3/t14?,18-,20+,21+/m0/s1. The van der Waals surface area contributed by atoms with Crippen LogP contribution in [0.15, 0.2) is 34.4 Å². The average molecular weight is 346 g/mol. The third-order valence-corrected chi connectivity index (χ3v) is 6.93. The quantitative estimate of drug-likeness (QED) is 0.751. The van der Waals surface area contributed by atoms with Gasteiger partial charge in [-0.05, 0) is 42.4 Å². The van der Waals surface area contributed by atoms with Crippen LogP contribution in [0.2, 0.25) is 0 Å². The Balaban J connectivity index is 2.21. The summed E-state index contributed by atoms with van der Waals surface area (Å²) in [5.74, 6) is 0.0884. The number of aliphatic hydroxyl groups excluding tert-OH is 2. The van der Waals surface area contributed by atoms with E-state index in [0.717, 1.165) is 37.5 Å². The topological polar surface area (TPSA) is 66.8 Å². The molecule has 3 aliphatic rings. The highest BCUT2D eigenvalue weighted by Gasteiger charge is 2.53. The summed E-state index contributed by atoms with van der Waals surface area (Å²) in [6, 6.07) is 0. The molecule has 1 saturated carbocycles. The lowest BCUT2D eigenvalue weighted by molar-refractivity contribution is -0.105. The molecule has 25 heavy (non-hydrogen) atoms. The predicted molar refractivity (Wildman–Crippen MR) is 97.0 cm³/mol. The molecular weight excluding hydrogens is 316 g/mol. The minimum absolute atomic E-state index is 0.0619. The Morgan fingerprint density at radius 2 is 2.08 bits per heavy atom. The fraction of sp³-hybridized carbons (Fsp3) is 0.667. The second kappa shape index (κ2) is 6.82. The normalized spacial score (nSPS) is 36.1. The minimum atomic E-state index is -0.206. The van der Waals surface area contributed by atoms with Gasteiger partial charge in [0.05, 0.1) is 12.7 Å². The zero-order valence-electron chi connectivity index (χ0n) is 15.5. The van der Waals surface area contributed by atoms with Crippen LogP contribution in [0.4, 0.5) is 0 Å². The van der Waals surface area contributed by atoms with Gasteiger partial charge in [-0.2, -0.15) is 0 Å². The lowest BCUT2D eigenvalue weighted by Gasteiger charge is -2.49. The van der Waals surface area contributed by atoms with Gasteiger partial charge in [-0.3, -0.25) is 4.79 Å². The molecule has 0 aromatic rings. The zero-order chi connectivity index (χ0) is 18.2. The highest BCUT2D eigenvalue weighted by molar-refractivity contribution is 5.74. The van der Waals surface area contributed by atoms with Crippen LogP contribution in [0.5, 0.6) is 0 Å². The molecular formula is C21H30O4. The second-order valence-electron chi connectivity index (χ2n) is 8.21. The third-order valence-electron chi connectivity index (χ3n) is 6.93. The van der Waals surface area contributed by atoms with Crippen LogP contribution in [0.1, 0.15) is 46.0 Å². The van der Waals surface area contributed by atoms with Crippen molar-refractivity contribution in [1.29, 1.82) is 0 Å². The van der Waals surface area contributed by atoms with Crippen LogP contribution in [-0.4, -0.2) is 42.9 Å². The van der Waals surface area contributed by atoms with E-state index < -0.39 is 0 Å². The van der Waals surface area contributed by atoms with E-state index in [9.17, 15) is 15.0 Å². The van der Waals surface area contributed by atoms with Gasteiger partial charge in [0.15, 0.2) is 0 Å². The molecule has 1 fully saturated rings. The maximum Gasteiger partial charge on any atom is 0.146 e. The summed E-state index contributed by atoms with van der Waals surface area (Å²) in [7, 11) is 1.72. The maximum atomic E-state index is 11.4. The van der Waals surface area contributed by atoms with Crippen molar-refractivity contribution in [1.82, 2.24) is 0 Å². The summed E-state index contributed by atoms with van der Waals surface area (Å²) < 4.78 is 5.84. The van der Waals surface area contributed by atoms with Crippen LogP contribution in [0, 0.1) is 16.7 Å². The third kappa shape index (κ3) is 2.75. The molecule has 0 bridgehead atoms. The van der Waals surface area contributed by atoms with E-state index in [1.807, 2.05) is 6.08 Å². The van der Waals surface area contributed by atoms with E-state index in [4.69, 9.17) is 4.74 Å². The first-order chi connectivity index (χ1) is 12.0. The maximum absolute atomic E-state index is 11.4. The van der Waals surface area contributed by atoms with Crippen molar-refractivity contribution in [2.24, 2.45) is 16.7 Å². The Morgan fingerprint density at radius 1 is 1.32 bits per heavy atom. The molecule has 0 spiro atoms. The molecule has 138 valence electrons. The molecule has 0 saturated heterocycles. The molecule has 0 amide bonds. The average Bonchev–Trinajstić information content (AvgIpc) is 2.95. The molecule has 3 rings (SSSR count). The first kappa shape index (κ1) is 18.6. The van der Waals surface area contributed by atoms with Crippen molar-refractivity contribution < 1.29 is 19.7 Å². The molecule has 4 atom stereocenters. The van der Waals surface area contributed by atoms with Gasteiger partial charge in [0, 0.05) is 36.9 Å². The zero-order valence-corrected chi connectivity index (χ0v) is 15.5. The number of fused-ring (bicyclic) bond motifs is 3. The van der Waals surface area contributed by atoms with Gasteiger partial charge in [0.25, 0.3) is 0 Å². The molecule has 2 N–H and O–H groups in total. The molecule has 0 aromatic heterocycles. The van der Waals surface area contributed by atoms with Crippen LogP contribution in [0.25, 0.3) is 0 Å². The van der Waals surface area contributed by atoms with Crippen molar-refractivity contribution in [2.75, 3.05) is 20.3 Å². The summed E-state index contributed by atoms with van der Waals surface area (Å²) in [5, 5.41) is 20.0. The van der Waals surface area contributed by atoms with Gasteiger partial charge in [-0.25, -0.2) is 0 Å². The Labute approximate surface area is 150 Å². The Bertz CT molecular complexity index is 644. The minimum Gasteiger partial charge on any atom is -0.396 e. The second-order valence-corrected chi connectivity index (χ2v) is 8.21. The van der Waals surface area contributed by atoms with Crippen molar-refractivity contribution in [2.45, 2.75) is 52.1 Å². The number of methoxy groups -OCH3 is 1. The SMILES string of the molecule is CO[C@H]1CC(C=O)=CC=C2C3=C(C(C)CO)CC[C@]3(CO)CC[C@]21C. The summed E-state index contributed by atoms with van der Waals surface area (Å²) in [5.41, 5.74) is 4.06. The lowest BCUT2D eigenvalue weighted by Crippen LogP contribution is -2.44. The van der Waals surface area contributed by atoms with Gasteiger partial charge in [-0.15, -0.1) is 0 Å². The first-order valence-electron chi connectivity index (χ1n) is 9.30. The summed E-state index contributed by atoms with van der Waals surface area (Å²) in [6.45, 7) is 4.54. The number of allylic oxidation sites excluding steroid dienone is 2. The van der Waals surface area contributed by atoms with Crippen LogP contribution >= 0.6 is 0 Å². The van der Waals surface area contributed by atoms with E-state index in [1.165, 1.54) is 16.7 Å². The van der Waals surface area contributed by atoms with E-state index >= 15 is 0 Å². The number of aliphatic hydroxyl groups is 2. The molecule has 0 aliphatic heterocycles. The van der Waals surface area contributed by atoms with Crippen molar-refractivity contribution in [3.05, 3.63) is 34.4 Å². The van der Waals surface area contributed by atoms with Gasteiger partial charge < -0.3 is 14.9 Å². The molecule has 0 aromatic carbocycles. The number of rotatable bonds is 5. The lowest BCUT2D eigenvalue weighted by atomic mass is 9.57. The molecule has 0 heterocycles. The number of aldehydes is 1. The number of carbonyl (C=O) groups excluding carboxylic acids is 1.